The number of aliphatic hydroxyl groups is 1. The number of halogens is 1. The van der Waals surface area contributed by atoms with Crippen molar-refractivity contribution in [1.29, 1.82) is 0 Å². The third-order valence-electron chi connectivity index (χ3n) is 3.62. The Morgan fingerprint density at radius 1 is 1.36 bits per heavy atom. The number of guanidine groups is 1. The molecule has 7 nitrogen and oxygen atoms in total. The van der Waals surface area contributed by atoms with Crippen LogP contribution in [0, 0.1) is 0 Å². The normalized spacial score (nSPS) is 13.7. The molecule has 2 aromatic heterocycles. The lowest BCUT2D eigenvalue weighted by molar-refractivity contribution is 0.0672. The lowest BCUT2D eigenvalue weighted by Gasteiger charge is -2.20. The molecule has 1 unspecified atom stereocenters. The number of aryl methyl sites for hydroxylation is 1. The van der Waals surface area contributed by atoms with Crippen molar-refractivity contribution >= 4 is 29.9 Å². The topological polar surface area (TPSA) is 87.4 Å². The van der Waals surface area contributed by atoms with Gasteiger partial charge in [-0.2, -0.15) is 5.10 Å². The average molecular weight is 458 g/mol. The molecule has 0 aromatic carbocycles. The molecule has 1 atom stereocenters. The number of nitrogens with one attached hydrogen (secondary N) is 2. The molecule has 0 aliphatic carbocycles. The number of pyridine rings is 1. The number of aromatic nitrogens is 3. The van der Waals surface area contributed by atoms with Crippen LogP contribution in [-0.2, 0) is 19.1 Å². The summed E-state index contributed by atoms with van der Waals surface area (Å²) in [7, 11) is 1.83. The molecule has 0 spiro atoms. The van der Waals surface area contributed by atoms with Gasteiger partial charge in [0.25, 0.3) is 0 Å². The Bertz CT molecular complexity index is 656. The Hall–Kier alpha value is -1.68. The van der Waals surface area contributed by atoms with Gasteiger partial charge < -0.3 is 15.7 Å². The Labute approximate surface area is 166 Å². The SMILES string of the molecule is CCNC(=NCC(C)(O)c1cnn(C)c1)NCCc1ccccn1.I. The van der Waals surface area contributed by atoms with Crippen LogP contribution in [0.4, 0.5) is 0 Å². The molecule has 0 bridgehead atoms. The van der Waals surface area contributed by atoms with Crippen LogP contribution < -0.4 is 10.6 Å². The van der Waals surface area contributed by atoms with E-state index in [0.29, 0.717) is 5.96 Å². The van der Waals surface area contributed by atoms with Crippen LogP contribution in [0.15, 0.2) is 41.8 Å². The monoisotopic (exact) mass is 458 g/mol. The molecule has 2 rings (SSSR count). The highest BCUT2D eigenvalue weighted by Gasteiger charge is 2.24. The molecule has 0 aliphatic heterocycles. The van der Waals surface area contributed by atoms with Crippen LogP contribution >= 0.6 is 24.0 Å². The van der Waals surface area contributed by atoms with Gasteiger partial charge in [0.1, 0.15) is 5.60 Å². The zero-order valence-corrected chi connectivity index (χ0v) is 17.3. The Kier molecular flexibility index (Phi) is 8.84. The van der Waals surface area contributed by atoms with Gasteiger partial charge in [-0.3, -0.25) is 9.67 Å². The van der Waals surface area contributed by atoms with Gasteiger partial charge >= 0.3 is 0 Å². The molecular formula is C17H27IN6O. The van der Waals surface area contributed by atoms with Crippen molar-refractivity contribution in [3.8, 4) is 0 Å². The summed E-state index contributed by atoms with van der Waals surface area (Å²) in [6.07, 6.45) is 6.07. The van der Waals surface area contributed by atoms with E-state index in [-0.39, 0.29) is 30.5 Å². The molecule has 0 amide bonds. The van der Waals surface area contributed by atoms with Gasteiger partial charge in [-0.25, -0.2) is 4.99 Å². The third-order valence-corrected chi connectivity index (χ3v) is 3.62. The summed E-state index contributed by atoms with van der Waals surface area (Å²) in [5.74, 6) is 0.678. The summed E-state index contributed by atoms with van der Waals surface area (Å²) >= 11 is 0. The van der Waals surface area contributed by atoms with Crippen LogP contribution in [0.1, 0.15) is 25.1 Å². The standard InChI is InChI=1S/C17H26N6O.HI/c1-4-18-16(20-10-8-15-7-5-6-9-19-15)21-13-17(2,24)14-11-22-23(3)12-14;/h5-7,9,11-12,24H,4,8,10,13H2,1-3H3,(H2,18,20,21);1H. The maximum absolute atomic E-state index is 10.6. The largest absolute Gasteiger partial charge is 0.383 e. The van der Waals surface area contributed by atoms with Crippen LogP contribution in [0.25, 0.3) is 0 Å². The molecule has 0 aliphatic rings. The maximum Gasteiger partial charge on any atom is 0.191 e. The van der Waals surface area contributed by atoms with Crippen molar-refractivity contribution < 1.29 is 5.11 Å². The van der Waals surface area contributed by atoms with Gasteiger partial charge in [0, 0.05) is 50.2 Å². The molecule has 2 heterocycles. The zero-order chi connectivity index (χ0) is 17.4. The predicted molar refractivity (Wildman–Crippen MR) is 110 cm³/mol. The number of aliphatic imine (C=N–C) groups is 1. The van der Waals surface area contributed by atoms with Gasteiger partial charge in [-0.05, 0) is 26.0 Å². The predicted octanol–water partition coefficient (Wildman–Crippen LogP) is 1.44. The van der Waals surface area contributed by atoms with E-state index in [1.807, 2.05) is 32.2 Å². The Morgan fingerprint density at radius 3 is 2.76 bits per heavy atom. The summed E-state index contributed by atoms with van der Waals surface area (Å²) in [4.78, 5) is 8.79. The smallest absolute Gasteiger partial charge is 0.191 e. The van der Waals surface area contributed by atoms with Gasteiger partial charge in [0.05, 0.1) is 12.7 Å². The molecule has 8 heteroatoms. The van der Waals surface area contributed by atoms with Crippen LogP contribution in [0.3, 0.4) is 0 Å². The summed E-state index contributed by atoms with van der Waals surface area (Å²) in [5.41, 5.74) is 0.721. The Morgan fingerprint density at radius 2 is 2.16 bits per heavy atom. The van der Waals surface area contributed by atoms with Crippen molar-refractivity contribution in [3.05, 3.63) is 48.0 Å². The number of hydrogen-bond donors (Lipinski definition) is 3. The van der Waals surface area contributed by atoms with Gasteiger partial charge in [-0.1, -0.05) is 6.07 Å². The minimum absolute atomic E-state index is 0. The van der Waals surface area contributed by atoms with Gasteiger partial charge in [-0.15, -0.1) is 24.0 Å². The second-order valence-corrected chi connectivity index (χ2v) is 5.87. The first-order valence-electron chi connectivity index (χ1n) is 8.15. The van der Waals surface area contributed by atoms with E-state index in [9.17, 15) is 5.11 Å². The minimum Gasteiger partial charge on any atom is -0.383 e. The van der Waals surface area contributed by atoms with E-state index in [4.69, 9.17) is 0 Å². The van der Waals surface area contributed by atoms with E-state index >= 15 is 0 Å². The fraction of sp³-hybridized carbons (Fsp3) is 0.471. The van der Waals surface area contributed by atoms with Gasteiger partial charge in [0.2, 0.25) is 0 Å². The highest BCUT2D eigenvalue weighted by Crippen LogP contribution is 2.19. The van der Waals surface area contributed by atoms with Crippen LogP contribution in [0.2, 0.25) is 0 Å². The van der Waals surface area contributed by atoms with Crippen LogP contribution in [-0.4, -0.2) is 45.5 Å². The number of hydrogen-bond acceptors (Lipinski definition) is 4. The highest BCUT2D eigenvalue weighted by atomic mass is 127. The molecule has 0 radical (unpaired) electrons. The maximum atomic E-state index is 10.6. The fourth-order valence-corrected chi connectivity index (χ4v) is 2.22. The number of nitrogens with zero attached hydrogens (tertiary/aromatic N) is 4. The first kappa shape index (κ1) is 21.4. The Balaban J connectivity index is 0.00000312. The molecule has 138 valence electrons. The summed E-state index contributed by atoms with van der Waals surface area (Å²) in [5, 5.41) is 21.1. The fourth-order valence-electron chi connectivity index (χ4n) is 2.22. The summed E-state index contributed by atoms with van der Waals surface area (Å²) in [6.45, 7) is 5.47. The molecule has 0 fully saturated rings. The average Bonchev–Trinajstić information content (AvgIpc) is 3.01. The molecule has 3 N–H and O–H groups in total. The number of rotatable bonds is 7. The lowest BCUT2D eigenvalue weighted by atomic mass is 10.0. The zero-order valence-electron chi connectivity index (χ0n) is 14.9. The summed E-state index contributed by atoms with van der Waals surface area (Å²) in [6, 6.07) is 5.88. The lowest BCUT2D eigenvalue weighted by Crippen LogP contribution is -2.39. The molecular weight excluding hydrogens is 431 g/mol. The van der Waals surface area contributed by atoms with Crippen molar-refractivity contribution in [2.45, 2.75) is 25.9 Å². The van der Waals surface area contributed by atoms with E-state index < -0.39 is 5.60 Å². The second-order valence-electron chi connectivity index (χ2n) is 5.87. The minimum atomic E-state index is -1.06. The third kappa shape index (κ3) is 6.99. The van der Waals surface area contributed by atoms with E-state index in [1.54, 1.807) is 30.2 Å². The molecule has 2 aromatic rings. The van der Waals surface area contributed by atoms with E-state index in [1.165, 1.54) is 0 Å². The van der Waals surface area contributed by atoms with Crippen LogP contribution in [0.5, 0.6) is 0 Å². The van der Waals surface area contributed by atoms with Gasteiger partial charge in [0.15, 0.2) is 5.96 Å². The highest BCUT2D eigenvalue weighted by molar-refractivity contribution is 14.0. The van der Waals surface area contributed by atoms with Crippen molar-refractivity contribution in [1.82, 2.24) is 25.4 Å². The van der Waals surface area contributed by atoms with Crippen molar-refractivity contribution in [3.63, 3.8) is 0 Å². The molecule has 0 saturated heterocycles. The quantitative estimate of drug-likeness (QED) is 0.332. The van der Waals surface area contributed by atoms with Crippen molar-refractivity contribution in [2.75, 3.05) is 19.6 Å². The first-order valence-corrected chi connectivity index (χ1v) is 8.15. The van der Waals surface area contributed by atoms with E-state index in [2.05, 4.69) is 25.7 Å². The molecule has 0 saturated carbocycles. The molecule has 25 heavy (non-hydrogen) atoms. The van der Waals surface area contributed by atoms with Crippen molar-refractivity contribution in [2.24, 2.45) is 12.0 Å². The van der Waals surface area contributed by atoms with E-state index in [0.717, 1.165) is 30.8 Å². The second kappa shape index (κ2) is 10.3. The first-order chi connectivity index (χ1) is 11.5. The summed E-state index contributed by atoms with van der Waals surface area (Å²) < 4.78 is 1.67.